The van der Waals surface area contributed by atoms with Crippen LogP contribution < -0.4 is 10.6 Å². The molecule has 0 atom stereocenters. The van der Waals surface area contributed by atoms with Gasteiger partial charge in [-0.25, -0.2) is 0 Å². The maximum absolute atomic E-state index is 11.7. The van der Waals surface area contributed by atoms with Gasteiger partial charge in [0.25, 0.3) is 0 Å². The van der Waals surface area contributed by atoms with Crippen LogP contribution in [0.4, 0.5) is 0 Å². The van der Waals surface area contributed by atoms with Crippen molar-refractivity contribution in [3.05, 3.63) is 42.0 Å². The molecule has 1 aliphatic rings. The van der Waals surface area contributed by atoms with Gasteiger partial charge in [-0.05, 0) is 19.4 Å². The van der Waals surface area contributed by atoms with E-state index < -0.39 is 0 Å². The Hall–Kier alpha value is -2.34. The number of carbonyl (C=O) groups is 1. The van der Waals surface area contributed by atoms with Gasteiger partial charge in [0, 0.05) is 58.8 Å². The summed E-state index contributed by atoms with van der Waals surface area (Å²) in [6, 6.07) is 10.6. The first-order chi connectivity index (χ1) is 13.1. The minimum Gasteiger partial charge on any atom is -0.356 e. The Kier molecular flexibility index (Phi) is 8.84. The average Bonchev–Trinajstić information content (AvgIpc) is 2.66. The molecule has 2 N–H and O–H groups in total. The van der Waals surface area contributed by atoms with E-state index >= 15 is 0 Å². The quantitative estimate of drug-likeness (QED) is 0.567. The molecule has 0 radical (unpaired) electrons. The maximum atomic E-state index is 11.7. The SMILES string of the molecule is CN=C(NCCC(=O)NC(C)C)N1CCN(C/C=C/c2ccccc2)CC1. The molecular formula is C21H33N5O. The lowest BCUT2D eigenvalue weighted by atomic mass is 10.2. The topological polar surface area (TPSA) is 60.0 Å². The van der Waals surface area contributed by atoms with Gasteiger partial charge in [-0.3, -0.25) is 14.7 Å². The second-order valence-corrected chi connectivity index (χ2v) is 7.05. The highest BCUT2D eigenvalue weighted by molar-refractivity contribution is 5.81. The maximum Gasteiger partial charge on any atom is 0.221 e. The third-order valence-corrected chi connectivity index (χ3v) is 4.44. The molecular weight excluding hydrogens is 338 g/mol. The number of piperazine rings is 1. The summed E-state index contributed by atoms with van der Waals surface area (Å²) in [5.41, 5.74) is 1.24. The molecule has 0 saturated carbocycles. The van der Waals surface area contributed by atoms with Crippen molar-refractivity contribution in [1.29, 1.82) is 0 Å². The summed E-state index contributed by atoms with van der Waals surface area (Å²) in [5, 5.41) is 6.21. The van der Waals surface area contributed by atoms with Crippen molar-refractivity contribution in [2.75, 3.05) is 46.3 Å². The molecule has 0 aliphatic carbocycles. The predicted octanol–water partition coefficient (Wildman–Crippen LogP) is 1.81. The van der Waals surface area contributed by atoms with Gasteiger partial charge in [-0.15, -0.1) is 0 Å². The number of hydrogen-bond acceptors (Lipinski definition) is 3. The van der Waals surface area contributed by atoms with Gasteiger partial charge in [0.2, 0.25) is 5.91 Å². The van der Waals surface area contributed by atoms with E-state index in [1.807, 2.05) is 19.9 Å². The first kappa shape index (κ1) is 21.0. The molecule has 1 aromatic rings. The molecule has 27 heavy (non-hydrogen) atoms. The largest absolute Gasteiger partial charge is 0.356 e. The van der Waals surface area contributed by atoms with Crippen molar-refractivity contribution < 1.29 is 4.79 Å². The number of hydrogen-bond donors (Lipinski definition) is 2. The number of benzene rings is 1. The molecule has 1 heterocycles. The Labute approximate surface area is 163 Å². The summed E-state index contributed by atoms with van der Waals surface area (Å²) < 4.78 is 0. The van der Waals surface area contributed by atoms with Gasteiger partial charge < -0.3 is 15.5 Å². The fraction of sp³-hybridized carbons (Fsp3) is 0.524. The van der Waals surface area contributed by atoms with Crippen LogP contribution in [0.2, 0.25) is 0 Å². The van der Waals surface area contributed by atoms with Crippen LogP contribution in [0.5, 0.6) is 0 Å². The van der Waals surface area contributed by atoms with Crippen LogP contribution >= 0.6 is 0 Å². The summed E-state index contributed by atoms with van der Waals surface area (Å²) in [4.78, 5) is 20.8. The molecule has 1 aromatic carbocycles. The van der Waals surface area contributed by atoms with E-state index in [9.17, 15) is 4.79 Å². The van der Waals surface area contributed by atoms with Crippen molar-refractivity contribution in [1.82, 2.24) is 20.4 Å². The lowest BCUT2D eigenvalue weighted by Gasteiger charge is -2.36. The third-order valence-electron chi connectivity index (χ3n) is 4.44. The summed E-state index contributed by atoms with van der Waals surface area (Å²) in [5.74, 6) is 0.954. The van der Waals surface area contributed by atoms with Crippen molar-refractivity contribution in [2.45, 2.75) is 26.3 Å². The normalized spacial score (nSPS) is 16.1. The average molecular weight is 372 g/mol. The minimum atomic E-state index is 0.0722. The Morgan fingerprint density at radius 3 is 2.52 bits per heavy atom. The Morgan fingerprint density at radius 2 is 1.89 bits per heavy atom. The van der Waals surface area contributed by atoms with Crippen LogP contribution in [0.15, 0.2) is 41.4 Å². The van der Waals surface area contributed by atoms with Crippen LogP contribution in [-0.2, 0) is 4.79 Å². The standard InChI is InChI=1S/C21H33N5O/c1-18(2)24-20(27)11-12-23-21(22-3)26-16-14-25(15-17-26)13-7-10-19-8-5-4-6-9-19/h4-10,18H,11-17H2,1-3H3,(H,22,23)(H,24,27)/b10-7+. The molecule has 0 spiro atoms. The minimum absolute atomic E-state index is 0.0722. The summed E-state index contributed by atoms with van der Waals surface area (Å²) in [6.45, 7) is 9.41. The highest BCUT2D eigenvalue weighted by Gasteiger charge is 2.18. The number of nitrogens with zero attached hydrogens (tertiary/aromatic N) is 3. The zero-order valence-electron chi connectivity index (χ0n) is 16.8. The lowest BCUT2D eigenvalue weighted by Crippen LogP contribution is -2.52. The molecule has 6 nitrogen and oxygen atoms in total. The highest BCUT2D eigenvalue weighted by atomic mass is 16.1. The van der Waals surface area contributed by atoms with Gasteiger partial charge in [0.05, 0.1) is 0 Å². The smallest absolute Gasteiger partial charge is 0.221 e. The van der Waals surface area contributed by atoms with Gasteiger partial charge in [-0.2, -0.15) is 0 Å². The molecule has 148 valence electrons. The van der Waals surface area contributed by atoms with Crippen LogP contribution in [0.1, 0.15) is 25.8 Å². The Morgan fingerprint density at radius 1 is 1.19 bits per heavy atom. The molecule has 6 heteroatoms. The summed E-state index contributed by atoms with van der Waals surface area (Å²) >= 11 is 0. The molecule has 1 saturated heterocycles. The zero-order valence-corrected chi connectivity index (χ0v) is 16.8. The van der Waals surface area contributed by atoms with Gasteiger partial charge in [-0.1, -0.05) is 42.5 Å². The lowest BCUT2D eigenvalue weighted by molar-refractivity contribution is -0.121. The third kappa shape index (κ3) is 7.83. The Balaban J connectivity index is 1.68. The fourth-order valence-electron chi connectivity index (χ4n) is 3.06. The number of guanidine groups is 1. The molecule has 0 unspecified atom stereocenters. The first-order valence-corrected chi connectivity index (χ1v) is 9.77. The van der Waals surface area contributed by atoms with E-state index in [1.165, 1.54) is 5.56 Å². The van der Waals surface area contributed by atoms with Gasteiger partial charge in [0.1, 0.15) is 0 Å². The van der Waals surface area contributed by atoms with E-state index in [0.29, 0.717) is 13.0 Å². The van der Waals surface area contributed by atoms with Crippen LogP contribution in [0.3, 0.4) is 0 Å². The van der Waals surface area contributed by atoms with E-state index in [2.05, 4.69) is 61.8 Å². The fourth-order valence-corrected chi connectivity index (χ4v) is 3.06. The number of aliphatic imine (C=N–C) groups is 1. The van der Waals surface area contributed by atoms with E-state index in [1.54, 1.807) is 7.05 Å². The van der Waals surface area contributed by atoms with Gasteiger partial charge >= 0.3 is 0 Å². The number of rotatable bonds is 7. The summed E-state index contributed by atoms with van der Waals surface area (Å²) in [7, 11) is 1.80. The molecule has 1 amide bonds. The van der Waals surface area contributed by atoms with Gasteiger partial charge in [0.15, 0.2) is 5.96 Å². The Bertz CT molecular complexity index is 619. The molecule has 0 aromatic heterocycles. The number of amides is 1. The second kappa shape index (κ2) is 11.4. The van der Waals surface area contributed by atoms with Crippen molar-refractivity contribution >= 4 is 17.9 Å². The van der Waals surface area contributed by atoms with Crippen molar-refractivity contribution in [2.24, 2.45) is 4.99 Å². The van der Waals surface area contributed by atoms with E-state index in [-0.39, 0.29) is 11.9 Å². The van der Waals surface area contributed by atoms with Crippen molar-refractivity contribution in [3.63, 3.8) is 0 Å². The highest BCUT2D eigenvalue weighted by Crippen LogP contribution is 2.05. The van der Waals surface area contributed by atoms with Crippen LogP contribution in [-0.4, -0.2) is 74.0 Å². The van der Waals surface area contributed by atoms with Crippen LogP contribution in [0.25, 0.3) is 6.08 Å². The molecule has 0 bridgehead atoms. The molecule has 2 rings (SSSR count). The predicted molar refractivity (Wildman–Crippen MR) is 113 cm³/mol. The second-order valence-electron chi connectivity index (χ2n) is 7.05. The summed E-state index contributed by atoms with van der Waals surface area (Å²) in [6.07, 6.45) is 4.86. The molecule has 1 fully saturated rings. The number of carbonyl (C=O) groups excluding carboxylic acids is 1. The molecule has 1 aliphatic heterocycles. The monoisotopic (exact) mass is 371 g/mol. The van der Waals surface area contributed by atoms with Crippen molar-refractivity contribution in [3.8, 4) is 0 Å². The number of nitrogens with one attached hydrogen (secondary N) is 2. The van der Waals surface area contributed by atoms with Crippen LogP contribution in [0, 0.1) is 0 Å². The first-order valence-electron chi connectivity index (χ1n) is 9.77. The zero-order chi connectivity index (χ0) is 19.5. The van der Waals surface area contributed by atoms with E-state index in [4.69, 9.17) is 0 Å². The van der Waals surface area contributed by atoms with E-state index in [0.717, 1.165) is 38.7 Å².